The molecule has 2 saturated heterocycles. The monoisotopic (exact) mass is 611 g/mol. The molecule has 0 spiro atoms. The number of carboxylic acid groups (broad SMARTS) is 1. The molecular formula is C33H34FN7O4. The fraction of sp³-hybridized carbons (Fsp3) is 0.364. The number of benzene rings is 1. The third-order valence-corrected chi connectivity index (χ3v) is 8.90. The van der Waals surface area contributed by atoms with Gasteiger partial charge in [-0.2, -0.15) is 5.26 Å². The molecule has 232 valence electrons. The van der Waals surface area contributed by atoms with Gasteiger partial charge in [0.1, 0.15) is 24.1 Å². The Labute approximate surface area is 259 Å². The van der Waals surface area contributed by atoms with Crippen LogP contribution in [0.5, 0.6) is 5.88 Å². The van der Waals surface area contributed by atoms with E-state index in [9.17, 15) is 24.3 Å². The van der Waals surface area contributed by atoms with Crippen LogP contribution in [0, 0.1) is 17.1 Å². The van der Waals surface area contributed by atoms with Gasteiger partial charge in [-0.15, -0.1) is 0 Å². The molecule has 1 N–H and O–H groups in total. The number of anilines is 2. The van der Waals surface area contributed by atoms with Gasteiger partial charge in [0, 0.05) is 42.5 Å². The quantitative estimate of drug-likeness (QED) is 0.312. The third kappa shape index (κ3) is 5.44. The van der Waals surface area contributed by atoms with Gasteiger partial charge in [0.05, 0.1) is 34.7 Å². The van der Waals surface area contributed by atoms with Crippen molar-refractivity contribution >= 4 is 28.4 Å². The maximum absolute atomic E-state index is 14.3. The number of likely N-dealkylation sites (N-methyl/N-ethyl adjacent to an activating group) is 1. The van der Waals surface area contributed by atoms with E-state index in [1.165, 1.54) is 30.6 Å². The van der Waals surface area contributed by atoms with E-state index in [1.807, 2.05) is 26.2 Å². The number of nitrogens with zero attached hydrogens (tertiary/aromatic N) is 7. The van der Waals surface area contributed by atoms with Crippen LogP contribution in [0.15, 0.2) is 59.8 Å². The molecule has 2 aliphatic heterocycles. The molecule has 11 nitrogen and oxygen atoms in total. The first-order valence-corrected chi connectivity index (χ1v) is 14.8. The average Bonchev–Trinajstić information content (AvgIpc) is 3.29. The molecule has 12 heteroatoms. The highest BCUT2D eigenvalue weighted by molar-refractivity contribution is 5.95. The molecule has 3 aromatic heterocycles. The average molecular weight is 612 g/mol. The van der Waals surface area contributed by atoms with Crippen LogP contribution in [0.4, 0.5) is 15.9 Å². The zero-order valence-corrected chi connectivity index (χ0v) is 25.6. The van der Waals surface area contributed by atoms with E-state index in [1.54, 1.807) is 16.8 Å². The van der Waals surface area contributed by atoms with Crippen LogP contribution in [0.2, 0.25) is 0 Å². The van der Waals surface area contributed by atoms with Crippen molar-refractivity contribution < 1.29 is 19.0 Å². The number of aromatic carboxylic acids is 1. The summed E-state index contributed by atoms with van der Waals surface area (Å²) in [6.45, 7) is 5.95. The van der Waals surface area contributed by atoms with Gasteiger partial charge < -0.3 is 29.1 Å². The Bertz CT molecular complexity index is 1880. The lowest BCUT2D eigenvalue weighted by atomic mass is 9.99. The lowest BCUT2D eigenvalue weighted by molar-refractivity contribution is 0.0695. The van der Waals surface area contributed by atoms with Crippen LogP contribution < -0.4 is 20.0 Å². The Kier molecular flexibility index (Phi) is 7.66. The van der Waals surface area contributed by atoms with E-state index in [4.69, 9.17) is 4.74 Å². The Morgan fingerprint density at radius 1 is 1.22 bits per heavy atom. The summed E-state index contributed by atoms with van der Waals surface area (Å²) in [6.07, 6.45) is 5.91. The molecule has 1 unspecified atom stereocenters. The van der Waals surface area contributed by atoms with E-state index in [0.29, 0.717) is 29.4 Å². The van der Waals surface area contributed by atoms with Gasteiger partial charge in [-0.3, -0.25) is 4.79 Å². The fourth-order valence-corrected chi connectivity index (χ4v) is 6.29. The predicted molar refractivity (Wildman–Crippen MR) is 168 cm³/mol. The number of fused-ring (bicyclic) bond motifs is 1. The number of hydrogen-bond acceptors (Lipinski definition) is 9. The molecule has 4 aromatic rings. The zero-order chi connectivity index (χ0) is 32.0. The Morgan fingerprint density at radius 2 is 2.00 bits per heavy atom. The van der Waals surface area contributed by atoms with E-state index in [-0.39, 0.29) is 29.5 Å². The number of rotatable bonds is 8. The summed E-state index contributed by atoms with van der Waals surface area (Å²) in [5.41, 5.74) is 0.291. The highest BCUT2D eigenvalue weighted by Crippen LogP contribution is 2.41. The summed E-state index contributed by atoms with van der Waals surface area (Å²) in [5.74, 6) is -1.21. The molecule has 6 rings (SSSR count). The third-order valence-electron chi connectivity index (χ3n) is 8.90. The molecule has 0 radical (unpaired) electrons. The van der Waals surface area contributed by atoms with Crippen LogP contribution in [0.1, 0.15) is 42.6 Å². The molecule has 0 bridgehead atoms. The Balaban J connectivity index is 1.44. The molecular weight excluding hydrogens is 577 g/mol. The van der Waals surface area contributed by atoms with E-state index < -0.39 is 28.3 Å². The van der Waals surface area contributed by atoms with Crippen LogP contribution in [0.3, 0.4) is 0 Å². The molecule has 2 fully saturated rings. The molecule has 1 aromatic carbocycles. The minimum atomic E-state index is -1.36. The van der Waals surface area contributed by atoms with Gasteiger partial charge in [0.15, 0.2) is 5.82 Å². The van der Waals surface area contributed by atoms with Gasteiger partial charge in [-0.1, -0.05) is 0 Å². The Hall–Kier alpha value is -5.02. The largest absolute Gasteiger partial charge is 0.477 e. The molecule has 45 heavy (non-hydrogen) atoms. The smallest absolute Gasteiger partial charge is 0.341 e. The molecule has 1 atom stereocenters. The molecule has 0 saturated carbocycles. The highest BCUT2D eigenvalue weighted by atomic mass is 19.1. The number of carboxylic acids is 1. The van der Waals surface area contributed by atoms with Crippen molar-refractivity contribution in [3.05, 3.63) is 82.2 Å². The van der Waals surface area contributed by atoms with Crippen LogP contribution in [-0.2, 0) is 0 Å². The SMILES string of the molecule is CN(C)C1CN(c2ccc(-n3cc(C(=O)O)c(=O)c4cc(C#N)c(N5C(COc6ncccc6F)CCC5(C)C)cc43)cn2)C1. The number of carbonyl (C=O) groups is 1. The van der Waals surface area contributed by atoms with Gasteiger partial charge in [-0.25, -0.2) is 19.2 Å². The summed E-state index contributed by atoms with van der Waals surface area (Å²) in [4.78, 5) is 40.6. The first-order chi connectivity index (χ1) is 21.5. The second-order valence-corrected chi connectivity index (χ2v) is 12.4. The number of hydrogen-bond donors (Lipinski definition) is 1. The van der Waals surface area contributed by atoms with Crippen molar-refractivity contribution in [2.75, 3.05) is 43.6 Å². The maximum atomic E-state index is 14.3. The van der Waals surface area contributed by atoms with Crippen molar-refractivity contribution in [1.29, 1.82) is 5.26 Å². The van der Waals surface area contributed by atoms with E-state index in [2.05, 4.69) is 44.6 Å². The number of aromatic nitrogens is 3. The van der Waals surface area contributed by atoms with Crippen LogP contribution >= 0.6 is 0 Å². The number of pyridine rings is 3. The zero-order valence-electron chi connectivity index (χ0n) is 25.6. The maximum Gasteiger partial charge on any atom is 0.341 e. The Morgan fingerprint density at radius 3 is 2.64 bits per heavy atom. The standard InChI is InChI=1S/C33H34FN7O4/c1-33(2)10-9-22(19-45-31-26(34)6-5-11-36-31)41(33)27-13-28-24(12-20(27)14-35)30(42)25(32(43)44)18-40(28)21-7-8-29(37-15-21)39-16-23(17-39)38(3)4/h5-8,11-13,15,18,22-23H,9-10,16-17,19H2,1-4H3,(H,43,44). The highest BCUT2D eigenvalue weighted by Gasteiger charge is 2.41. The van der Waals surface area contributed by atoms with E-state index >= 15 is 0 Å². The molecule has 5 heterocycles. The first kappa shape index (κ1) is 30.0. The molecule has 0 aliphatic carbocycles. The number of ether oxygens (including phenoxy) is 1. The van der Waals surface area contributed by atoms with Crippen molar-refractivity contribution in [3.63, 3.8) is 0 Å². The van der Waals surface area contributed by atoms with Crippen LogP contribution in [0.25, 0.3) is 16.6 Å². The predicted octanol–water partition coefficient (Wildman–Crippen LogP) is 4.07. The second-order valence-electron chi connectivity index (χ2n) is 12.4. The fourth-order valence-electron chi connectivity index (χ4n) is 6.29. The minimum absolute atomic E-state index is 0.0948. The van der Waals surface area contributed by atoms with Crippen molar-refractivity contribution in [3.8, 4) is 17.6 Å². The lowest BCUT2D eigenvalue weighted by Gasteiger charge is -2.43. The minimum Gasteiger partial charge on any atom is -0.477 e. The molecule has 2 aliphatic rings. The van der Waals surface area contributed by atoms with Gasteiger partial charge >= 0.3 is 5.97 Å². The first-order valence-electron chi connectivity index (χ1n) is 14.8. The van der Waals surface area contributed by atoms with Crippen LogP contribution in [-0.4, -0.2) is 81.9 Å². The van der Waals surface area contributed by atoms with Crippen molar-refractivity contribution in [2.45, 2.75) is 44.3 Å². The van der Waals surface area contributed by atoms with Crippen molar-refractivity contribution in [2.24, 2.45) is 0 Å². The molecule has 0 amide bonds. The van der Waals surface area contributed by atoms with Gasteiger partial charge in [-0.05, 0) is 77.2 Å². The summed E-state index contributed by atoms with van der Waals surface area (Å²) in [7, 11) is 4.09. The summed E-state index contributed by atoms with van der Waals surface area (Å²) < 4.78 is 21.7. The topological polar surface area (TPSA) is 128 Å². The second kappa shape index (κ2) is 11.5. The summed E-state index contributed by atoms with van der Waals surface area (Å²) in [6, 6.07) is 12.2. The summed E-state index contributed by atoms with van der Waals surface area (Å²) in [5, 5.41) is 20.2. The number of nitriles is 1. The lowest BCUT2D eigenvalue weighted by Crippen LogP contribution is -2.57. The normalized spacial score (nSPS) is 17.8. The number of halogens is 1. The van der Waals surface area contributed by atoms with Gasteiger partial charge in [0.2, 0.25) is 11.3 Å². The summed E-state index contributed by atoms with van der Waals surface area (Å²) >= 11 is 0. The van der Waals surface area contributed by atoms with E-state index in [0.717, 1.165) is 25.3 Å². The van der Waals surface area contributed by atoms with Crippen molar-refractivity contribution in [1.82, 2.24) is 19.4 Å². The van der Waals surface area contributed by atoms with Gasteiger partial charge in [0.25, 0.3) is 0 Å².